The third kappa shape index (κ3) is 3.95. The second-order valence-electron chi connectivity index (χ2n) is 5.72. The standard InChI is InChI=1S/C17H28N2O2/c1-4-18-16(15-14(20-2)11-8-12-19-15)17(21-3)13-9-6-5-7-10-13/h8,11-13,16-18H,4-7,9-10H2,1-3H3. The lowest BCUT2D eigenvalue weighted by atomic mass is 9.81. The van der Waals surface area contributed by atoms with Crippen LogP contribution < -0.4 is 10.1 Å². The minimum atomic E-state index is 0.0826. The summed E-state index contributed by atoms with van der Waals surface area (Å²) in [6.07, 6.45) is 8.44. The van der Waals surface area contributed by atoms with Crippen molar-refractivity contribution >= 4 is 0 Å². The number of ether oxygens (including phenoxy) is 2. The highest BCUT2D eigenvalue weighted by atomic mass is 16.5. The van der Waals surface area contributed by atoms with Gasteiger partial charge in [0, 0.05) is 13.3 Å². The smallest absolute Gasteiger partial charge is 0.142 e. The zero-order valence-corrected chi connectivity index (χ0v) is 13.5. The third-order valence-electron chi connectivity index (χ3n) is 4.45. The maximum atomic E-state index is 5.90. The Hall–Kier alpha value is -1.13. The minimum absolute atomic E-state index is 0.0826. The van der Waals surface area contributed by atoms with Gasteiger partial charge in [-0.2, -0.15) is 0 Å². The fraction of sp³-hybridized carbons (Fsp3) is 0.706. The SMILES string of the molecule is CCNC(c1ncccc1OC)C(OC)C1CCCCC1. The van der Waals surface area contributed by atoms with Crippen LogP contribution in [0.2, 0.25) is 0 Å². The van der Waals surface area contributed by atoms with E-state index in [0.717, 1.165) is 18.0 Å². The molecule has 1 aliphatic carbocycles. The first-order valence-corrected chi connectivity index (χ1v) is 8.06. The van der Waals surface area contributed by atoms with E-state index in [2.05, 4.69) is 17.2 Å². The molecule has 2 unspecified atom stereocenters. The van der Waals surface area contributed by atoms with Crippen LogP contribution in [0.1, 0.15) is 50.8 Å². The average molecular weight is 292 g/mol. The van der Waals surface area contributed by atoms with Crippen molar-refractivity contribution in [2.24, 2.45) is 5.92 Å². The Morgan fingerprint density at radius 1 is 1.29 bits per heavy atom. The molecule has 0 saturated heterocycles. The maximum absolute atomic E-state index is 5.90. The van der Waals surface area contributed by atoms with Crippen LogP contribution in [0, 0.1) is 5.92 Å². The highest BCUT2D eigenvalue weighted by molar-refractivity contribution is 5.30. The van der Waals surface area contributed by atoms with Gasteiger partial charge in [0.25, 0.3) is 0 Å². The molecular formula is C17H28N2O2. The Balaban J connectivity index is 2.26. The van der Waals surface area contributed by atoms with E-state index in [0.29, 0.717) is 5.92 Å². The Kier molecular flexibility index (Phi) is 6.46. The molecule has 1 saturated carbocycles. The van der Waals surface area contributed by atoms with Gasteiger partial charge in [0.1, 0.15) is 11.4 Å². The van der Waals surface area contributed by atoms with Crippen molar-refractivity contribution in [1.82, 2.24) is 10.3 Å². The molecule has 4 heteroatoms. The van der Waals surface area contributed by atoms with Crippen LogP contribution >= 0.6 is 0 Å². The van der Waals surface area contributed by atoms with Gasteiger partial charge in [0.15, 0.2) is 0 Å². The zero-order valence-electron chi connectivity index (χ0n) is 13.5. The molecule has 1 fully saturated rings. The number of rotatable bonds is 7. The lowest BCUT2D eigenvalue weighted by Gasteiger charge is -2.35. The number of nitrogens with zero attached hydrogens (tertiary/aromatic N) is 1. The van der Waals surface area contributed by atoms with Gasteiger partial charge in [-0.15, -0.1) is 0 Å². The molecule has 4 nitrogen and oxygen atoms in total. The summed E-state index contributed by atoms with van der Waals surface area (Å²) in [5.74, 6) is 1.43. The fourth-order valence-electron chi connectivity index (χ4n) is 3.46. The minimum Gasteiger partial charge on any atom is -0.495 e. The Morgan fingerprint density at radius 3 is 2.67 bits per heavy atom. The molecule has 21 heavy (non-hydrogen) atoms. The summed E-state index contributed by atoms with van der Waals surface area (Å²) >= 11 is 0. The number of hydrogen-bond acceptors (Lipinski definition) is 4. The molecule has 0 spiro atoms. The van der Waals surface area contributed by atoms with Crippen molar-refractivity contribution in [2.75, 3.05) is 20.8 Å². The summed E-state index contributed by atoms with van der Waals surface area (Å²) in [7, 11) is 3.52. The molecule has 2 atom stereocenters. The first-order chi connectivity index (χ1) is 10.3. The predicted molar refractivity (Wildman–Crippen MR) is 84.6 cm³/mol. The molecule has 1 aromatic heterocycles. The van der Waals surface area contributed by atoms with E-state index >= 15 is 0 Å². The van der Waals surface area contributed by atoms with Gasteiger partial charge in [-0.1, -0.05) is 26.2 Å². The first kappa shape index (κ1) is 16.2. The van der Waals surface area contributed by atoms with Crippen molar-refractivity contribution in [2.45, 2.75) is 51.2 Å². The molecule has 0 radical (unpaired) electrons. The van der Waals surface area contributed by atoms with Crippen LogP contribution in [-0.4, -0.2) is 31.9 Å². The van der Waals surface area contributed by atoms with Gasteiger partial charge >= 0.3 is 0 Å². The van der Waals surface area contributed by atoms with Crippen LogP contribution in [0.5, 0.6) is 5.75 Å². The number of nitrogens with one attached hydrogen (secondary N) is 1. The number of pyridine rings is 1. The fourth-order valence-corrected chi connectivity index (χ4v) is 3.46. The number of hydrogen-bond donors (Lipinski definition) is 1. The van der Waals surface area contributed by atoms with Gasteiger partial charge in [0.05, 0.1) is 19.3 Å². The lowest BCUT2D eigenvalue weighted by molar-refractivity contribution is 0.00629. The molecule has 1 heterocycles. The van der Waals surface area contributed by atoms with Gasteiger partial charge in [-0.3, -0.25) is 4.98 Å². The van der Waals surface area contributed by atoms with Gasteiger partial charge in [-0.25, -0.2) is 0 Å². The van der Waals surface area contributed by atoms with Crippen molar-refractivity contribution in [3.63, 3.8) is 0 Å². The molecule has 0 aromatic carbocycles. The predicted octanol–water partition coefficient (Wildman–Crippen LogP) is 3.34. The van der Waals surface area contributed by atoms with Crippen molar-refractivity contribution in [3.05, 3.63) is 24.0 Å². The van der Waals surface area contributed by atoms with E-state index in [-0.39, 0.29) is 12.1 Å². The Labute approximate surface area is 128 Å². The Morgan fingerprint density at radius 2 is 2.05 bits per heavy atom. The second kappa shape index (κ2) is 8.35. The van der Waals surface area contributed by atoms with E-state index in [1.807, 2.05) is 25.4 Å². The average Bonchev–Trinajstić information content (AvgIpc) is 2.55. The molecule has 1 N–H and O–H groups in total. The zero-order chi connectivity index (χ0) is 15.1. The molecular weight excluding hydrogens is 264 g/mol. The molecule has 0 amide bonds. The van der Waals surface area contributed by atoms with Gasteiger partial charge in [-0.05, 0) is 37.4 Å². The normalized spacial score (nSPS) is 19.2. The summed E-state index contributed by atoms with van der Waals surface area (Å²) in [5.41, 5.74) is 0.958. The maximum Gasteiger partial charge on any atom is 0.142 e. The summed E-state index contributed by atoms with van der Waals surface area (Å²) in [5, 5.41) is 3.55. The monoisotopic (exact) mass is 292 g/mol. The second-order valence-corrected chi connectivity index (χ2v) is 5.72. The molecule has 1 aliphatic rings. The highest BCUT2D eigenvalue weighted by Crippen LogP contribution is 2.35. The Bertz CT molecular complexity index is 419. The van der Waals surface area contributed by atoms with Gasteiger partial charge < -0.3 is 14.8 Å². The van der Waals surface area contributed by atoms with E-state index in [9.17, 15) is 0 Å². The van der Waals surface area contributed by atoms with Crippen LogP contribution in [0.4, 0.5) is 0 Å². The highest BCUT2D eigenvalue weighted by Gasteiger charge is 2.33. The molecule has 2 rings (SSSR count). The summed E-state index contributed by atoms with van der Waals surface area (Å²) < 4.78 is 11.4. The van der Waals surface area contributed by atoms with Crippen molar-refractivity contribution in [3.8, 4) is 5.75 Å². The molecule has 0 bridgehead atoms. The molecule has 1 aromatic rings. The molecule has 118 valence electrons. The van der Waals surface area contributed by atoms with E-state index < -0.39 is 0 Å². The summed E-state index contributed by atoms with van der Waals surface area (Å²) in [6.45, 7) is 3.01. The van der Waals surface area contributed by atoms with E-state index in [4.69, 9.17) is 9.47 Å². The number of methoxy groups -OCH3 is 2. The molecule has 0 aliphatic heterocycles. The number of likely N-dealkylation sites (N-methyl/N-ethyl adjacent to an activating group) is 1. The van der Waals surface area contributed by atoms with Crippen LogP contribution in [-0.2, 0) is 4.74 Å². The number of aromatic nitrogens is 1. The summed E-state index contributed by atoms with van der Waals surface area (Å²) in [4.78, 5) is 4.56. The van der Waals surface area contributed by atoms with Crippen LogP contribution in [0.15, 0.2) is 18.3 Å². The van der Waals surface area contributed by atoms with E-state index in [1.54, 1.807) is 7.11 Å². The van der Waals surface area contributed by atoms with Crippen LogP contribution in [0.3, 0.4) is 0 Å². The van der Waals surface area contributed by atoms with Crippen molar-refractivity contribution in [1.29, 1.82) is 0 Å². The van der Waals surface area contributed by atoms with E-state index in [1.165, 1.54) is 32.1 Å². The van der Waals surface area contributed by atoms with Crippen LogP contribution in [0.25, 0.3) is 0 Å². The lowest BCUT2D eigenvalue weighted by Crippen LogP contribution is -2.39. The quantitative estimate of drug-likeness (QED) is 0.837. The topological polar surface area (TPSA) is 43.4 Å². The largest absolute Gasteiger partial charge is 0.495 e. The summed E-state index contributed by atoms with van der Waals surface area (Å²) in [6, 6.07) is 3.97. The third-order valence-corrected chi connectivity index (χ3v) is 4.45. The first-order valence-electron chi connectivity index (χ1n) is 8.06. The van der Waals surface area contributed by atoms with Gasteiger partial charge in [0.2, 0.25) is 0 Å². The van der Waals surface area contributed by atoms with Crippen molar-refractivity contribution < 1.29 is 9.47 Å².